The summed E-state index contributed by atoms with van der Waals surface area (Å²) in [7, 11) is 0. The van der Waals surface area contributed by atoms with Crippen molar-refractivity contribution in [2.45, 2.75) is 51.6 Å². The van der Waals surface area contributed by atoms with Crippen LogP contribution in [0.5, 0.6) is 5.75 Å². The zero-order chi connectivity index (χ0) is 16.7. The van der Waals surface area contributed by atoms with Gasteiger partial charge in [-0.1, -0.05) is 19.3 Å². The van der Waals surface area contributed by atoms with Gasteiger partial charge < -0.3 is 15.2 Å². The Morgan fingerprint density at radius 3 is 2.83 bits per heavy atom. The van der Waals surface area contributed by atoms with E-state index in [1.54, 1.807) is 32.2 Å². The number of ether oxygens (including phenoxy) is 1. The van der Waals surface area contributed by atoms with Gasteiger partial charge in [-0.2, -0.15) is 0 Å². The molecule has 0 bridgehead atoms. The number of carbonyl (C=O) groups excluding carboxylic acids is 1. The van der Waals surface area contributed by atoms with Crippen LogP contribution in [0.3, 0.4) is 0 Å². The lowest BCUT2D eigenvalue weighted by atomic mass is 9.90. The van der Waals surface area contributed by atoms with Crippen molar-refractivity contribution in [3.63, 3.8) is 0 Å². The van der Waals surface area contributed by atoms with E-state index in [1.165, 1.54) is 32.1 Å². The molecule has 0 spiro atoms. The van der Waals surface area contributed by atoms with E-state index in [4.69, 9.17) is 4.74 Å². The fraction of sp³-hybridized carbons (Fsp3) is 0.647. The number of nitrogens with zero attached hydrogens (tertiary/aromatic N) is 1. The lowest BCUT2D eigenvalue weighted by Crippen LogP contribution is -2.40. The first kappa shape index (κ1) is 17.5. The van der Waals surface area contributed by atoms with Crippen LogP contribution in [0.4, 0.5) is 10.6 Å². The van der Waals surface area contributed by atoms with Crippen molar-refractivity contribution in [3.8, 4) is 5.75 Å². The Balaban J connectivity index is 1.87. The molecular weight excluding hydrogens is 294 g/mol. The van der Waals surface area contributed by atoms with Gasteiger partial charge in [0.25, 0.3) is 0 Å². The number of aliphatic hydroxyl groups is 1. The molecule has 23 heavy (non-hydrogen) atoms. The molecule has 1 fully saturated rings. The Kier molecular flexibility index (Phi) is 6.21. The highest BCUT2D eigenvalue weighted by Crippen LogP contribution is 2.26. The molecule has 0 radical (unpaired) electrons. The molecule has 1 heterocycles. The number of pyridine rings is 1. The summed E-state index contributed by atoms with van der Waals surface area (Å²) < 4.78 is 5.87. The van der Waals surface area contributed by atoms with E-state index >= 15 is 0 Å². The quantitative estimate of drug-likeness (QED) is 0.752. The Morgan fingerprint density at radius 1 is 1.39 bits per heavy atom. The van der Waals surface area contributed by atoms with Crippen LogP contribution in [0.2, 0.25) is 0 Å². The average molecular weight is 321 g/mol. The highest BCUT2D eigenvalue weighted by molar-refractivity contribution is 5.89. The number of aromatic nitrogens is 1. The normalized spacial score (nSPS) is 16.0. The minimum atomic E-state index is -0.957. The molecule has 0 unspecified atom stereocenters. The van der Waals surface area contributed by atoms with Gasteiger partial charge in [-0.05, 0) is 44.7 Å². The first-order chi connectivity index (χ1) is 10.9. The second-order valence-electron chi connectivity index (χ2n) is 6.79. The number of hydrogen-bond donors (Lipinski definition) is 3. The summed E-state index contributed by atoms with van der Waals surface area (Å²) in [5, 5.41) is 14.9. The standard InChI is InChI=1S/C17H27N3O3/c1-17(2,22)12-19-16(21)20-15-14(9-6-10-18-15)23-11-13-7-4-3-5-8-13/h6,9-10,13,22H,3-5,7-8,11-12H2,1-2H3,(H2,18,19,20,21). The van der Waals surface area contributed by atoms with E-state index in [1.807, 2.05) is 0 Å². The maximum absolute atomic E-state index is 11.9. The number of nitrogens with one attached hydrogen (secondary N) is 2. The maximum Gasteiger partial charge on any atom is 0.320 e. The molecule has 1 aromatic rings. The summed E-state index contributed by atoms with van der Waals surface area (Å²) in [4.78, 5) is 16.1. The SMILES string of the molecule is CC(C)(O)CNC(=O)Nc1ncccc1OCC1CCCCC1. The second-order valence-corrected chi connectivity index (χ2v) is 6.79. The lowest BCUT2D eigenvalue weighted by molar-refractivity contribution is 0.0826. The van der Waals surface area contributed by atoms with E-state index in [-0.39, 0.29) is 6.54 Å². The zero-order valence-electron chi connectivity index (χ0n) is 14.0. The Hall–Kier alpha value is -1.82. The number of rotatable bonds is 6. The molecule has 2 rings (SSSR count). The molecule has 0 saturated heterocycles. The van der Waals surface area contributed by atoms with Gasteiger partial charge >= 0.3 is 6.03 Å². The van der Waals surface area contributed by atoms with Crippen molar-refractivity contribution >= 4 is 11.8 Å². The van der Waals surface area contributed by atoms with Gasteiger partial charge in [0.1, 0.15) is 0 Å². The molecule has 0 atom stereocenters. The minimum absolute atomic E-state index is 0.157. The Morgan fingerprint density at radius 2 is 2.13 bits per heavy atom. The van der Waals surface area contributed by atoms with Crippen molar-refractivity contribution in [2.24, 2.45) is 5.92 Å². The van der Waals surface area contributed by atoms with Crippen molar-refractivity contribution in [1.82, 2.24) is 10.3 Å². The van der Waals surface area contributed by atoms with Crippen LogP contribution in [0, 0.1) is 5.92 Å². The van der Waals surface area contributed by atoms with Gasteiger partial charge in [-0.25, -0.2) is 9.78 Å². The first-order valence-electron chi connectivity index (χ1n) is 8.29. The number of hydrogen-bond acceptors (Lipinski definition) is 4. The molecule has 6 nitrogen and oxygen atoms in total. The third-order valence-electron chi connectivity index (χ3n) is 3.88. The summed E-state index contributed by atoms with van der Waals surface area (Å²) in [6.07, 6.45) is 7.87. The lowest BCUT2D eigenvalue weighted by Gasteiger charge is -2.22. The highest BCUT2D eigenvalue weighted by atomic mass is 16.5. The number of amides is 2. The van der Waals surface area contributed by atoms with Crippen molar-refractivity contribution in [3.05, 3.63) is 18.3 Å². The van der Waals surface area contributed by atoms with Crippen molar-refractivity contribution in [2.75, 3.05) is 18.5 Å². The summed E-state index contributed by atoms with van der Waals surface area (Å²) in [6, 6.07) is 3.19. The van der Waals surface area contributed by atoms with Gasteiger partial charge in [0.2, 0.25) is 0 Å². The summed E-state index contributed by atoms with van der Waals surface area (Å²) in [6.45, 7) is 4.08. The average Bonchev–Trinajstić information content (AvgIpc) is 2.52. The molecule has 1 saturated carbocycles. The monoisotopic (exact) mass is 321 g/mol. The summed E-state index contributed by atoms with van der Waals surface area (Å²) >= 11 is 0. The van der Waals surface area contributed by atoms with E-state index < -0.39 is 11.6 Å². The highest BCUT2D eigenvalue weighted by Gasteiger charge is 2.17. The van der Waals surface area contributed by atoms with Crippen LogP contribution >= 0.6 is 0 Å². The van der Waals surface area contributed by atoms with Gasteiger partial charge in [0, 0.05) is 12.7 Å². The fourth-order valence-corrected chi connectivity index (χ4v) is 2.61. The minimum Gasteiger partial charge on any atom is -0.489 e. The van der Waals surface area contributed by atoms with Crippen LogP contribution < -0.4 is 15.4 Å². The molecule has 2 amide bonds. The maximum atomic E-state index is 11.9. The smallest absolute Gasteiger partial charge is 0.320 e. The van der Waals surface area contributed by atoms with Crippen LogP contribution in [-0.2, 0) is 0 Å². The Labute approximate surface area is 137 Å². The molecule has 0 aliphatic heterocycles. The van der Waals surface area contributed by atoms with Crippen LogP contribution in [0.15, 0.2) is 18.3 Å². The predicted molar refractivity (Wildman–Crippen MR) is 89.6 cm³/mol. The van der Waals surface area contributed by atoms with E-state index in [0.717, 1.165) is 0 Å². The molecule has 1 aromatic heterocycles. The molecule has 1 aliphatic rings. The predicted octanol–water partition coefficient (Wildman–Crippen LogP) is 2.93. The van der Waals surface area contributed by atoms with E-state index in [9.17, 15) is 9.90 Å². The third-order valence-corrected chi connectivity index (χ3v) is 3.88. The first-order valence-corrected chi connectivity index (χ1v) is 8.29. The second kappa shape index (κ2) is 8.15. The third kappa shape index (κ3) is 6.44. The van der Waals surface area contributed by atoms with Crippen LogP contribution in [0.1, 0.15) is 46.0 Å². The van der Waals surface area contributed by atoms with E-state index in [0.29, 0.717) is 24.1 Å². The summed E-state index contributed by atoms with van der Waals surface area (Å²) in [5.41, 5.74) is -0.957. The van der Waals surface area contributed by atoms with Gasteiger partial charge in [0.15, 0.2) is 11.6 Å². The summed E-state index contributed by atoms with van der Waals surface area (Å²) in [5.74, 6) is 1.56. The molecular formula is C17H27N3O3. The van der Waals surface area contributed by atoms with E-state index in [2.05, 4.69) is 15.6 Å². The zero-order valence-corrected chi connectivity index (χ0v) is 14.0. The van der Waals surface area contributed by atoms with Gasteiger partial charge in [-0.15, -0.1) is 0 Å². The van der Waals surface area contributed by atoms with Crippen LogP contribution in [0.25, 0.3) is 0 Å². The van der Waals surface area contributed by atoms with Crippen molar-refractivity contribution < 1.29 is 14.6 Å². The Bertz CT molecular complexity index is 508. The molecule has 1 aliphatic carbocycles. The fourth-order valence-electron chi connectivity index (χ4n) is 2.61. The number of urea groups is 1. The number of anilines is 1. The number of carbonyl (C=O) groups is 1. The molecule has 3 N–H and O–H groups in total. The van der Waals surface area contributed by atoms with Gasteiger partial charge in [-0.3, -0.25) is 5.32 Å². The molecule has 0 aromatic carbocycles. The largest absolute Gasteiger partial charge is 0.489 e. The topological polar surface area (TPSA) is 83.5 Å². The van der Waals surface area contributed by atoms with Gasteiger partial charge in [0.05, 0.1) is 12.2 Å². The van der Waals surface area contributed by atoms with Crippen molar-refractivity contribution in [1.29, 1.82) is 0 Å². The van der Waals surface area contributed by atoms with Crippen LogP contribution in [-0.4, -0.2) is 34.9 Å². The molecule has 128 valence electrons. The molecule has 6 heteroatoms.